The second-order valence-electron chi connectivity index (χ2n) is 7.78. The number of carbonyl (C=O) groups excluding carboxylic acids is 1. The Hall–Kier alpha value is -1.32. The summed E-state index contributed by atoms with van der Waals surface area (Å²) < 4.78 is 2.30. The van der Waals surface area contributed by atoms with Crippen molar-refractivity contribution in [3.05, 3.63) is 18.2 Å². The third-order valence-electron chi connectivity index (χ3n) is 6.07. The van der Waals surface area contributed by atoms with Crippen LogP contribution in [0.15, 0.2) is 12.4 Å². The van der Waals surface area contributed by atoms with Crippen LogP contribution in [0.5, 0.6) is 0 Å². The van der Waals surface area contributed by atoms with E-state index in [9.17, 15) is 4.79 Å². The van der Waals surface area contributed by atoms with Gasteiger partial charge in [0.05, 0.1) is 6.04 Å². The molecule has 2 heterocycles. The molecule has 3 fully saturated rings. The molecule has 0 radical (unpaired) electrons. The number of rotatable bonds is 6. The average Bonchev–Trinajstić information content (AvgIpc) is 3.51. The highest BCUT2D eigenvalue weighted by atomic mass is 16.2. The van der Waals surface area contributed by atoms with Gasteiger partial charge in [-0.15, -0.1) is 0 Å². The fraction of sp³-hybridized carbons (Fsp3) is 0.789. The molecule has 1 aliphatic heterocycles. The summed E-state index contributed by atoms with van der Waals surface area (Å²) in [5.74, 6) is 4.00. The van der Waals surface area contributed by atoms with Gasteiger partial charge in [0.15, 0.2) is 0 Å². The maximum absolute atomic E-state index is 12.8. The number of likely N-dealkylation sites (tertiary alicyclic amines) is 1. The van der Waals surface area contributed by atoms with E-state index in [-0.39, 0.29) is 0 Å². The van der Waals surface area contributed by atoms with Crippen LogP contribution in [0.25, 0.3) is 0 Å². The zero-order valence-electron chi connectivity index (χ0n) is 14.3. The van der Waals surface area contributed by atoms with Crippen LogP contribution in [-0.2, 0) is 11.2 Å². The Morgan fingerprint density at radius 3 is 2.65 bits per heavy atom. The van der Waals surface area contributed by atoms with Gasteiger partial charge in [-0.1, -0.05) is 6.92 Å². The standard InChI is InChI=1S/C19H29N3O/c1-2-18-20-9-11-22(18)16-4-3-10-21(13-16)19(23)12-17(14-5-6-14)15-7-8-15/h9,11,14-17H,2-8,10,12-13H2,1H3/t16-/m1/s1. The highest BCUT2D eigenvalue weighted by Gasteiger charge is 2.43. The van der Waals surface area contributed by atoms with Crippen molar-refractivity contribution in [1.82, 2.24) is 14.5 Å². The molecule has 3 aliphatic rings. The first kappa shape index (κ1) is 15.2. The lowest BCUT2D eigenvalue weighted by Crippen LogP contribution is -2.41. The maximum Gasteiger partial charge on any atom is 0.222 e. The van der Waals surface area contributed by atoms with E-state index >= 15 is 0 Å². The minimum atomic E-state index is 0.414. The summed E-state index contributed by atoms with van der Waals surface area (Å²) in [6, 6.07) is 0.422. The molecule has 2 saturated carbocycles. The molecule has 2 aliphatic carbocycles. The molecule has 4 rings (SSSR count). The Kier molecular flexibility index (Phi) is 4.16. The molecule has 0 unspecified atom stereocenters. The average molecular weight is 315 g/mol. The van der Waals surface area contributed by atoms with Crippen molar-refractivity contribution in [2.24, 2.45) is 17.8 Å². The summed E-state index contributed by atoms with van der Waals surface area (Å²) in [6.07, 6.45) is 13.5. The molecule has 0 N–H and O–H groups in total. The van der Waals surface area contributed by atoms with Crippen molar-refractivity contribution in [3.8, 4) is 0 Å². The van der Waals surface area contributed by atoms with Gasteiger partial charge >= 0.3 is 0 Å². The van der Waals surface area contributed by atoms with Gasteiger partial charge in [0.2, 0.25) is 5.91 Å². The van der Waals surface area contributed by atoms with Crippen LogP contribution < -0.4 is 0 Å². The zero-order chi connectivity index (χ0) is 15.8. The van der Waals surface area contributed by atoms with Crippen molar-refractivity contribution >= 4 is 5.91 Å². The first-order chi connectivity index (χ1) is 11.3. The number of hydrogen-bond donors (Lipinski definition) is 0. The van der Waals surface area contributed by atoms with Crippen LogP contribution in [0.2, 0.25) is 0 Å². The zero-order valence-corrected chi connectivity index (χ0v) is 14.3. The first-order valence-electron chi connectivity index (χ1n) is 9.55. The predicted octanol–water partition coefficient (Wildman–Crippen LogP) is 3.44. The van der Waals surface area contributed by atoms with Crippen molar-refractivity contribution < 1.29 is 4.79 Å². The highest BCUT2D eigenvalue weighted by Crippen LogP contribution is 2.50. The first-order valence-corrected chi connectivity index (χ1v) is 9.55. The van der Waals surface area contributed by atoms with Gasteiger partial charge < -0.3 is 9.47 Å². The lowest BCUT2D eigenvalue weighted by atomic mass is 9.93. The Morgan fingerprint density at radius 2 is 2.00 bits per heavy atom. The van der Waals surface area contributed by atoms with Crippen LogP contribution >= 0.6 is 0 Å². The number of amides is 1. The lowest BCUT2D eigenvalue weighted by Gasteiger charge is -2.35. The molecule has 1 atom stereocenters. The maximum atomic E-state index is 12.8. The smallest absolute Gasteiger partial charge is 0.222 e. The van der Waals surface area contributed by atoms with Crippen LogP contribution in [0.3, 0.4) is 0 Å². The number of hydrogen-bond acceptors (Lipinski definition) is 2. The minimum absolute atomic E-state index is 0.414. The fourth-order valence-corrected chi connectivity index (χ4v) is 4.46. The van der Waals surface area contributed by atoms with E-state index in [1.165, 1.54) is 32.1 Å². The van der Waals surface area contributed by atoms with Crippen molar-refractivity contribution in [2.75, 3.05) is 13.1 Å². The van der Waals surface area contributed by atoms with Gasteiger partial charge in [0.1, 0.15) is 5.82 Å². The van der Waals surface area contributed by atoms with Gasteiger partial charge in [0, 0.05) is 38.3 Å². The summed E-state index contributed by atoms with van der Waals surface area (Å²) in [5, 5.41) is 0. The highest BCUT2D eigenvalue weighted by molar-refractivity contribution is 5.76. The fourth-order valence-electron chi connectivity index (χ4n) is 4.46. The van der Waals surface area contributed by atoms with Crippen LogP contribution in [0.4, 0.5) is 0 Å². The molecule has 4 nitrogen and oxygen atoms in total. The normalized spacial score (nSPS) is 25.1. The monoisotopic (exact) mass is 315 g/mol. The molecule has 0 spiro atoms. The summed E-state index contributed by atoms with van der Waals surface area (Å²) in [7, 11) is 0. The lowest BCUT2D eigenvalue weighted by molar-refractivity contribution is -0.134. The SMILES string of the molecule is CCc1nccn1[C@@H]1CCCN(C(=O)CC(C2CC2)C2CC2)C1. The molecule has 126 valence electrons. The molecule has 4 heteroatoms. The van der Waals surface area contributed by atoms with Gasteiger partial charge in [-0.2, -0.15) is 0 Å². The third-order valence-corrected chi connectivity index (χ3v) is 6.07. The summed E-state index contributed by atoms with van der Waals surface area (Å²) in [6.45, 7) is 3.98. The second-order valence-corrected chi connectivity index (χ2v) is 7.78. The van der Waals surface area contributed by atoms with E-state index in [0.29, 0.717) is 17.9 Å². The number of imidazole rings is 1. The van der Waals surface area contributed by atoms with E-state index in [1.54, 1.807) is 0 Å². The third kappa shape index (κ3) is 3.31. The van der Waals surface area contributed by atoms with Crippen LogP contribution in [0.1, 0.15) is 63.7 Å². The summed E-state index contributed by atoms with van der Waals surface area (Å²) >= 11 is 0. The molecule has 1 aromatic rings. The summed E-state index contributed by atoms with van der Waals surface area (Å²) in [5.41, 5.74) is 0. The second kappa shape index (κ2) is 6.29. The Morgan fingerprint density at radius 1 is 1.26 bits per heavy atom. The minimum Gasteiger partial charge on any atom is -0.341 e. The molecular formula is C19H29N3O. The molecule has 0 aromatic carbocycles. The number of nitrogens with zero attached hydrogens (tertiary/aromatic N) is 3. The Balaban J connectivity index is 1.39. The molecule has 0 bridgehead atoms. The Bertz CT molecular complexity index is 547. The van der Waals surface area contributed by atoms with E-state index < -0.39 is 0 Å². The van der Waals surface area contributed by atoms with Gasteiger partial charge in [-0.05, 0) is 56.3 Å². The van der Waals surface area contributed by atoms with Crippen LogP contribution in [-0.4, -0.2) is 33.4 Å². The van der Waals surface area contributed by atoms with Crippen molar-refractivity contribution in [1.29, 1.82) is 0 Å². The van der Waals surface area contributed by atoms with E-state index in [0.717, 1.165) is 50.0 Å². The quantitative estimate of drug-likeness (QED) is 0.806. The Labute approximate surface area is 139 Å². The molecule has 1 aromatic heterocycles. The number of carbonyl (C=O) groups is 1. The van der Waals surface area contributed by atoms with E-state index in [2.05, 4.69) is 27.6 Å². The number of piperidine rings is 1. The van der Waals surface area contributed by atoms with Crippen LogP contribution in [0, 0.1) is 17.8 Å². The predicted molar refractivity (Wildman–Crippen MR) is 90.0 cm³/mol. The number of aryl methyl sites for hydroxylation is 1. The molecule has 1 saturated heterocycles. The van der Waals surface area contributed by atoms with Gasteiger partial charge in [-0.25, -0.2) is 4.98 Å². The molecular weight excluding hydrogens is 286 g/mol. The topological polar surface area (TPSA) is 38.1 Å². The van der Waals surface area contributed by atoms with Gasteiger partial charge in [-0.3, -0.25) is 4.79 Å². The summed E-state index contributed by atoms with van der Waals surface area (Å²) in [4.78, 5) is 19.4. The van der Waals surface area contributed by atoms with E-state index in [4.69, 9.17) is 0 Å². The largest absolute Gasteiger partial charge is 0.341 e. The molecule has 23 heavy (non-hydrogen) atoms. The van der Waals surface area contributed by atoms with E-state index in [1.807, 2.05) is 6.20 Å². The number of aromatic nitrogens is 2. The van der Waals surface area contributed by atoms with Crippen molar-refractivity contribution in [2.45, 2.75) is 64.3 Å². The van der Waals surface area contributed by atoms with Crippen molar-refractivity contribution in [3.63, 3.8) is 0 Å². The van der Waals surface area contributed by atoms with Gasteiger partial charge in [0.25, 0.3) is 0 Å². The molecule has 1 amide bonds.